The van der Waals surface area contributed by atoms with E-state index in [1.807, 2.05) is 12.1 Å². The van der Waals surface area contributed by atoms with Gasteiger partial charge in [0.25, 0.3) is 0 Å². The first-order valence-electron chi connectivity index (χ1n) is 5.24. The number of rotatable bonds is 5. The zero-order chi connectivity index (χ0) is 12.3. The predicted octanol–water partition coefficient (Wildman–Crippen LogP) is 1.03. The lowest BCUT2D eigenvalue weighted by Gasteiger charge is -2.06. The molecule has 0 spiro atoms. The third-order valence-corrected chi connectivity index (χ3v) is 2.65. The van der Waals surface area contributed by atoms with Gasteiger partial charge in [0.1, 0.15) is 0 Å². The molecule has 0 radical (unpaired) electrons. The molecule has 1 aromatic carbocycles. The first-order valence-corrected chi connectivity index (χ1v) is 5.61. The van der Waals surface area contributed by atoms with Gasteiger partial charge < -0.3 is 20.5 Å². The second-order valence-electron chi connectivity index (χ2n) is 3.70. The summed E-state index contributed by atoms with van der Waals surface area (Å²) in [6.07, 6.45) is 0.318. The summed E-state index contributed by atoms with van der Waals surface area (Å²) in [5.41, 5.74) is 6.01. The van der Waals surface area contributed by atoms with Gasteiger partial charge in [-0.1, -0.05) is 11.6 Å². The highest BCUT2D eigenvalue weighted by atomic mass is 35.5. The Labute approximate surface area is 104 Å². The Morgan fingerprint density at radius 1 is 1.47 bits per heavy atom. The largest absolute Gasteiger partial charge is 0.454 e. The highest BCUT2D eigenvalue weighted by Crippen LogP contribution is 2.39. The molecule has 3 N–H and O–H groups in total. The zero-order valence-electron chi connectivity index (χ0n) is 9.16. The molecule has 5 nitrogen and oxygen atoms in total. The Kier molecular flexibility index (Phi) is 3.71. The van der Waals surface area contributed by atoms with Gasteiger partial charge in [-0.2, -0.15) is 0 Å². The first-order chi connectivity index (χ1) is 8.16. The molecule has 0 saturated carbocycles. The lowest BCUT2D eigenvalue weighted by molar-refractivity contribution is -0.117. The summed E-state index contributed by atoms with van der Waals surface area (Å²) in [5.74, 6) is 0.929. The molecule has 6 heteroatoms. The van der Waals surface area contributed by atoms with Crippen LogP contribution in [0.1, 0.15) is 12.0 Å². The van der Waals surface area contributed by atoms with Gasteiger partial charge in [-0.3, -0.25) is 4.79 Å². The molecule has 0 atom stereocenters. The number of primary amides is 1. The highest BCUT2D eigenvalue weighted by molar-refractivity contribution is 6.32. The van der Waals surface area contributed by atoms with Crippen molar-refractivity contribution in [1.29, 1.82) is 0 Å². The maximum Gasteiger partial charge on any atom is 0.231 e. The normalized spacial score (nSPS) is 12.8. The number of amides is 1. The van der Waals surface area contributed by atoms with Crippen LogP contribution in [0.2, 0.25) is 5.02 Å². The SMILES string of the molecule is NC(=O)CCNCc1cc(Cl)c2c(c1)OCO2. The Balaban J connectivity index is 1.93. The number of benzene rings is 1. The lowest BCUT2D eigenvalue weighted by Crippen LogP contribution is -2.21. The number of hydrogen-bond acceptors (Lipinski definition) is 4. The van der Waals surface area contributed by atoms with E-state index in [0.29, 0.717) is 36.0 Å². The fourth-order valence-corrected chi connectivity index (χ4v) is 1.85. The van der Waals surface area contributed by atoms with Crippen molar-refractivity contribution in [3.05, 3.63) is 22.7 Å². The van der Waals surface area contributed by atoms with E-state index in [0.717, 1.165) is 5.56 Å². The zero-order valence-corrected chi connectivity index (χ0v) is 9.92. The average molecular weight is 257 g/mol. The Bertz CT molecular complexity index is 437. The van der Waals surface area contributed by atoms with Gasteiger partial charge >= 0.3 is 0 Å². The monoisotopic (exact) mass is 256 g/mol. The highest BCUT2D eigenvalue weighted by Gasteiger charge is 2.17. The Hall–Kier alpha value is -1.46. The van der Waals surface area contributed by atoms with Crippen molar-refractivity contribution < 1.29 is 14.3 Å². The van der Waals surface area contributed by atoms with Crippen LogP contribution < -0.4 is 20.5 Å². The summed E-state index contributed by atoms with van der Waals surface area (Å²) < 4.78 is 10.5. The van der Waals surface area contributed by atoms with Crippen molar-refractivity contribution >= 4 is 17.5 Å². The van der Waals surface area contributed by atoms with Gasteiger partial charge in [-0.05, 0) is 17.7 Å². The number of halogens is 1. The van der Waals surface area contributed by atoms with Crippen LogP contribution in [0.5, 0.6) is 11.5 Å². The average Bonchev–Trinajstić information content (AvgIpc) is 2.72. The molecule has 0 unspecified atom stereocenters. The predicted molar refractivity (Wildman–Crippen MR) is 63.1 cm³/mol. The van der Waals surface area contributed by atoms with Crippen molar-refractivity contribution in [3.8, 4) is 11.5 Å². The molecule has 1 aliphatic heterocycles. The number of ether oxygens (including phenoxy) is 2. The fraction of sp³-hybridized carbons (Fsp3) is 0.364. The summed E-state index contributed by atoms with van der Waals surface area (Å²) in [6, 6.07) is 3.68. The van der Waals surface area contributed by atoms with Gasteiger partial charge in [0.2, 0.25) is 12.7 Å². The van der Waals surface area contributed by atoms with E-state index in [2.05, 4.69) is 5.32 Å². The molecule has 17 heavy (non-hydrogen) atoms. The molecule has 1 aliphatic rings. The minimum absolute atomic E-state index is 0.202. The Morgan fingerprint density at radius 2 is 2.29 bits per heavy atom. The summed E-state index contributed by atoms with van der Waals surface area (Å²) in [7, 11) is 0. The van der Waals surface area contributed by atoms with Crippen LogP contribution in [0, 0.1) is 0 Å². The summed E-state index contributed by atoms with van der Waals surface area (Å²) >= 11 is 6.03. The van der Waals surface area contributed by atoms with E-state index in [4.69, 9.17) is 26.8 Å². The minimum Gasteiger partial charge on any atom is -0.454 e. The molecule has 1 aromatic rings. The smallest absolute Gasteiger partial charge is 0.231 e. The van der Waals surface area contributed by atoms with Crippen LogP contribution in [0.4, 0.5) is 0 Å². The standard InChI is InChI=1S/C11H13ClN2O3/c12-8-3-7(5-14-2-1-10(13)15)4-9-11(8)17-6-16-9/h3-4,14H,1-2,5-6H2,(H2,13,15). The molecule has 1 heterocycles. The summed E-state index contributed by atoms with van der Waals surface area (Å²) in [5, 5.41) is 3.63. The molecule has 0 saturated heterocycles. The molecular weight excluding hydrogens is 244 g/mol. The topological polar surface area (TPSA) is 73.6 Å². The van der Waals surface area contributed by atoms with Crippen LogP contribution in [0.3, 0.4) is 0 Å². The molecule has 0 fully saturated rings. The van der Waals surface area contributed by atoms with E-state index >= 15 is 0 Å². The van der Waals surface area contributed by atoms with E-state index in [9.17, 15) is 4.79 Å². The van der Waals surface area contributed by atoms with Gasteiger partial charge in [-0.25, -0.2) is 0 Å². The molecule has 2 rings (SSSR count). The van der Waals surface area contributed by atoms with Crippen molar-refractivity contribution in [1.82, 2.24) is 5.32 Å². The van der Waals surface area contributed by atoms with E-state index < -0.39 is 0 Å². The maximum atomic E-state index is 10.5. The van der Waals surface area contributed by atoms with Crippen molar-refractivity contribution in [2.75, 3.05) is 13.3 Å². The van der Waals surface area contributed by atoms with Crippen LogP contribution in [-0.4, -0.2) is 19.2 Å². The third kappa shape index (κ3) is 3.01. The second-order valence-corrected chi connectivity index (χ2v) is 4.11. The second kappa shape index (κ2) is 5.25. The summed E-state index contributed by atoms with van der Waals surface area (Å²) in [4.78, 5) is 10.5. The fourth-order valence-electron chi connectivity index (χ4n) is 1.57. The molecule has 0 bridgehead atoms. The van der Waals surface area contributed by atoms with Crippen LogP contribution in [-0.2, 0) is 11.3 Å². The molecule has 1 amide bonds. The minimum atomic E-state index is -0.318. The molecule has 92 valence electrons. The molecular formula is C11H13ClN2O3. The summed E-state index contributed by atoms with van der Waals surface area (Å²) in [6.45, 7) is 1.35. The number of nitrogens with two attached hydrogens (primary N) is 1. The lowest BCUT2D eigenvalue weighted by atomic mass is 10.2. The number of carbonyl (C=O) groups is 1. The van der Waals surface area contributed by atoms with Crippen molar-refractivity contribution in [2.45, 2.75) is 13.0 Å². The van der Waals surface area contributed by atoms with Crippen LogP contribution in [0.25, 0.3) is 0 Å². The number of fused-ring (bicyclic) bond motifs is 1. The van der Waals surface area contributed by atoms with Crippen LogP contribution in [0.15, 0.2) is 12.1 Å². The molecule has 0 aromatic heterocycles. The first kappa shape index (κ1) is 12.0. The third-order valence-electron chi connectivity index (χ3n) is 2.36. The van der Waals surface area contributed by atoms with E-state index in [1.165, 1.54) is 0 Å². The van der Waals surface area contributed by atoms with Crippen molar-refractivity contribution in [2.24, 2.45) is 5.73 Å². The quantitative estimate of drug-likeness (QED) is 0.772. The van der Waals surface area contributed by atoms with Gasteiger partial charge in [0.15, 0.2) is 11.5 Å². The van der Waals surface area contributed by atoms with Crippen LogP contribution >= 0.6 is 11.6 Å². The van der Waals surface area contributed by atoms with E-state index in [1.54, 1.807) is 0 Å². The van der Waals surface area contributed by atoms with Crippen molar-refractivity contribution in [3.63, 3.8) is 0 Å². The number of nitrogens with one attached hydrogen (secondary N) is 1. The Morgan fingerprint density at radius 3 is 3.06 bits per heavy atom. The molecule has 0 aliphatic carbocycles. The maximum absolute atomic E-state index is 10.5. The van der Waals surface area contributed by atoms with Gasteiger partial charge in [-0.15, -0.1) is 0 Å². The van der Waals surface area contributed by atoms with Gasteiger partial charge in [0.05, 0.1) is 5.02 Å². The number of hydrogen-bond donors (Lipinski definition) is 2. The van der Waals surface area contributed by atoms with E-state index in [-0.39, 0.29) is 12.7 Å². The van der Waals surface area contributed by atoms with Gasteiger partial charge in [0, 0.05) is 19.5 Å². The number of carbonyl (C=O) groups excluding carboxylic acids is 1.